The van der Waals surface area contributed by atoms with Crippen molar-refractivity contribution in [3.8, 4) is 0 Å². The molecule has 1 aromatic heterocycles. The van der Waals surface area contributed by atoms with Gasteiger partial charge in [0.1, 0.15) is 5.60 Å². The van der Waals surface area contributed by atoms with Gasteiger partial charge in [0.15, 0.2) is 5.78 Å². The van der Waals surface area contributed by atoms with Crippen molar-refractivity contribution in [1.82, 2.24) is 10.3 Å². The summed E-state index contributed by atoms with van der Waals surface area (Å²) < 4.78 is 5.07. The number of carbonyl (C=O) groups is 2. The zero-order chi connectivity index (χ0) is 15.2. The molecule has 1 heterocycles. The fourth-order valence-electron chi connectivity index (χ4n) is 1.63. The van der Waals surface area contributed by atoms with Crippen LogP contribution in [-0.4, -0.2) is 29.0 Å². The summed E-state index contributed by atoms with van der Waals surface area (Å²) in [6.07, 6.45) is 4.55. The molecule has 0 aliphatic rings. The lowest BCUT2D eigenvalue weighted by molar-refractivity contribution is 0.0520. The molecule has 0 fully saturated rings. The number of nitrogens with one attached hydrogen (secondary N) is 1. The first-order valence-corrected chi connectivity index (χ1v) is 6.76. The zero-order valence-corrected chi connectivity index (χ0v) is 12.5. The van der Waals surface area contributed by atoms with Gasteiger partial charge in [0.2, 0.25) is 0 Å². The highest BCUT2D eigenvalue weighted by atomic mass is 16.6. The molecule has 1 aromatic rings. The van der Waals surface area contributed by atoms with E-state index < -0.39 is 11.7 Å². The first-order valence-electron chi connectivity index (χ1n) is 6.76. The summed E-state index contributed by atoms with van der Waals surface area (Å²) >= 11 is 0. The summed E-state index contributed by atoms with van der Waals surface area (Å²) in [5, 5.41) is 2.45. The van der Waals surface area contributed by atoms with Crippen LogP contribution in [0.5, 0.6) is 0 Å². The number of amides is 1. The second-order valence-electron chi connectivity index (χ2n) is 5.61. The molecule has 0 bridgehead atoms. The van der Waals surface area contributed by atoms with Crippen molar-refractivity contribution in [1.29, 1.82) is 0 Å². The molecule has 0 aliphatic heterocycles. The number of ketones is 1. The number of hydrogen-bond donors (Lipinski definition) is 1. The smallest absolute Gasteiger partial charge is 0.408 e. The van der Waals surface area contributed by atoms with Crippen molar-refractivity contribution < 1.29 is 14.3 Å². The van der Waals surface area contributed by atoms with Crippen LogP contribution in [0.2, 0.25) is 0 Å². The first kappa shape index (κ1) is 16.1. The van der Waals surface area contributed by atoms with Crippen LogP contribution in [-0.2, 0) is 11.2 Å². The number of aromatic nitrogens is 1. The molecule has 0 saturated heterocycles. The van der Waals surface area contributed by atoms with Gasteiger partial charge in [-0.2, -0.15) is 0 Å². The van der Waals surface area contributed by atoms with Crippen LogP contribution >= 0.6 is 0 Å². The number of hydrogen-bond acceptors (Lipinski definition) is 4. The number of nitrogens with zero attached hydrogens (tertiary/aromatic N) is 1. The van der Waals surface area contributed by atoms with E-state index in [-0.39, 0.29) is 12.3 Å². The van der Waals surface area contributed by atoms with Crippen LogP contribution in [0, 0.1) is 0 Å². The van der Waals surface area contributed by atoms with Crippen molar-refractivity contribution in [2.45, 2.75) is 46.1 Å². The lowest BCUT2D eigenvalue weighted by Crippen LogP contribution is -2.35. The fourth-order valence-corrected chi connectivity index (χ4v) is 1.63. The lowest BCUT2D eigenvalue weighted by atomic mass is 10.1. The maximum atomic E-state index is 12.0. The highest BCUT2D eigenvalue weighted by Gasteiger charge is 2.17. The van der Waals surface area contributed by atoms with Gasteiger partial charge in [-0.05, 0) is 38.8 Å². The summed E-state index contributed by atoms with van der Waals surface area (Å²) in [7, 11) is 0. The van der Waals surface area contributed by atoms with Gasteiger partial charge < -0.3 is 10.1 Å². The molecule has 20 heavy (non-hydrogen) atoms. The van der Waals surface area contributed by atoms with E-state index in [4.69, 9.17) is 4.74 Å². The Bertz CT molecular complexity index is 478. The SMILES string of the molecule is CCCc1cncc(C(=O)CNC(=O)OC(C)(C)C)c1. The Balaban J connectivity index is 2.54. The Morgan fingerprint density at radius 2 is 2.00 bits per heavy atom. The van der Waals surface area contributed by atoms with Gasteiger partial charge in [-0.3, -0.25) is 9.78 Å². The van der Waals surface area contributed by atoms with E-state index in [0.29, 0.717) is 5.56 Å². The third-order valence-electron chi connectivity index (χ3n) is 2.45. The minimum Gasteiger partial charge on any atom is -0.444 e. The van der Waals surface area contributed by atoms with Crippen molar-refractivity contribution in [3.05, 3.63) is 29.6 Å². The number of rotatable bonds is 5. The summed E-state index contributed by atoms with van der Waals surface area (Å²) in [5.74, 6) is -0.179. The third-order valence-corrected chi connectivity index (χ3v) is 2.45. The van der Waals surface area contributed by atoms with Gasteiger partial charge in [0.05, 0.1) is 6.54 Å². The maximum Gasteiger partial charge on any atom is 0.408 e. The number of Topliss-reactive ketones (excluding diaryl/α,β-unsaturated/α-hetero) is 1. The first-order chi connectivity index (χ1) is 9.31. The molecule has 1 N–H and O–H groups in total. The quantitative estimate of drug-likeness (QED) is 0.841. The van der Waals surface area contributed by atoms with Crippen LogP contribution in [0.3, 0.4) is 0 Å². The number of ether oxygens (including phenoxy) is 1. The standard InChI is InChI=1S/C15H22N2O3/c1-5-6-11-7-12(9-16-8-11)13(18)10-17-14(19)20-15(2,3)4/h7-9H,5-6,10H2,1-4H3,(H,17,19). The predicted octanol–water partition coefficient (Wildman–Crippen LogP) is 2.74. The molecule has 0 aliphatic carbocycles. The van der Waals surface area contributed by atoms with Crippen molar-refractivity contribution in [2.75, 3.05) is 6.54 Å². The molecule has 110 valence electrons. The van der Waals surface area contributed by atoms with E-state index in [0.717, 1.165) is 18.4 Å². The van der Waals surface area contributed by atoms with Crippen molar-refractivity contribution in [3.63, 3.8) is 0 Å². The Hall–Kier alpha value is -1.91. The van der Waals surface area contributed by atoms with Crippen molar-refractivity contribution >= 4 is 11.9 Å². The normalized spacial score (nSPS) is 11.0. The maximum absolute atomic E-state index is 12.0. The largest absolute Gasteiger partial charge is 0.444 e. The van der Waals surface area contributed by atoms with Crippen LogP contribution in [0.25, 0.3) is 0 Å². The third kappa shape index (κ3) is 5.82. The summed E-state index contributed by atoms with van der Waals surface area (Å²) in [5.41, 5.74) is 0.957. The van der Waals surface area contributed by atoms with E-state index in [2.05, 4.69) is 17.2 Å². The number of alkyl carbamates (subject to hydrolysis) is 1. The molecule has 5 heteroatoms. The van der Waals surface area contributed by atoms with E-state index in [9.17, 15) is 9.59 Å². The van der Waals surface area contributed by atoms with Gasteiger partial charge in [0.25, 0.3) is 0 Å². The van der Waals surface area contributed by atoms with Gasteiger partial charge in [-0.25, -0.2) is 4.79 Å². The Kier molecular flexibility index (Phi) is 5.67. The molecule has 1 rings (SSSR count). The predicted molar refractivity (Wildman–Crippen MR) is 76.8 cm³/mol. The van der Waals surface area contributed by atoms with Crippen LogP contribution in [0.1, 0.15) is 50.0 Å². The monoisotopic (exact) mass is 278 g/mol. The van der Waals surface area contributed by atoms with E-state index in [1.54, 1.807) is 27.0 Å². The Labute approximate surface area is 119 Å². The van der Waals surface area contributed by atoms with E-state index in [1.165, 1.54) is 6.20 Å². The van der Waals surface area contributed by atoms with Gasteiger partial charge >= 0.3 is 6.09 Å². The van der Waals surface area contributed by atoms with E-state index in [1.807, 2.05) is 6.07 Å². The Morgan fingerprint density at radius 3 is 2.60 bits per heavy atom. The topological polar surface area (TPSA) is 68.3 Å². The molecule has 5 nitrogen and oxygen atoms in total. The molecule has 0 aromatic carbocycles. The minimum atomic E-state index is -0.594. The van der Waals surface area contributed by atoms with Crippen molar-refractivity contribution in [2.24, 2.45) is 0 Å². The molecule has 0 unspecified atom stereocenters. The highest BCUT2D eigenvalue weighted by Crippen LogP contribution is 2.08. The highest BCUT2D eigenvalue weighted by molar-refractivity contribution is 5.98. The van der Waals surface area contributed by atoms with Crippen LogP contribution in [0.4, 0.5) is 4.79 Å². The zero-order valence-electron chi connectivity index (χ0n) is 12.5. The molecular weight excluding hydrogens is 256 g/mol. The second-order valence-corrected chi connectivity index (χ2v) is 5.61. The van der Waals surface area contributed by atoms with Gasteiger partial charge in [-0.15, -0.1) is 0 Å². The molecule has 1 amide bonds. The van der Waals surface area contributed by atoms with Gasteiger partial charge in [0, 0.05) is 18.0 Å². The lowest BCUT2D eigenvalue weighted by Gasteiger charge is -2.19. The summed E-state index contributed by atoms with van der Waals surface area (Å²) in [4.78, 5) is 27.5. The molecular formula is C15H22N2O3. The molecule has 0 spiro atoms. The summed E-state index contributed by atoms with van der Waals surface area (Å²) in [6.45, 7) is 7.29. The van der Waals surface area contributed by atoms with Crippen LogP contribution < -0.4 is 5.32 Å². The molecule has 0 atom stereocenters. The average Bonchev–Trinajstić information content (AvgIpc) is 2.34. The van der Waals surface area contributed by atoms with E-state index >= 15 is 0 Å². The average molecular weight is 278 g/mol. The van der Waals surface area contributed by atoms with Gasteiger partial charge in [-0.1, -0.05) is 13.3 Å². The van der Waals surface area contributed by atoms with Crippen LogP contribution in [0.15, 0.2) is 18.5 Å². The number of carbonyl (C=O) groups excluding carboxylic acids is 2. The summed E-state index contributed by atoms with van der Waals surface area (Å²) in [6, 6.07) is 1.82. The minimum absolute atomic E-state index is 0.0911. The fraction of sp³-hybridized carbons (Fsp3) is 0.533. The number of aryl methyl sites for hydroxylation is 1. The number of pyridine rings is 1. The Morgan fingerprint density at radius 1 is 1.30 bits per heavy atom. The second kappa shape index (κ2) is 7.03. The molecule has 0 saturated carbocycles. The molecule has 0 radical (unpaired) electrons.